The largest absolute Gasteiger partial charge is 0.389 e. The fourth-order valence-corrected chi connectivity index (χ4v) is 2.30. The first kappa shape index (κ1) is 12.5. The molecule has 1 aliphatic heterocycles. The van der Waals surface area contributed by atoms with Crippen LogP contribution in [0.2, 0.25) is 0 Å². The third-order valence-electron chi connectivity index (χ3n) is 3.01. The molecule has 17 heavy (non-hydrogen) atoms. The number of methoxy groups -OCH3 is 1. The first-order chi connectivity index (χ1) is 8.20. The van der Waals surface area contributed by atoms with E-state index in [4.69, 9.17) is 9.26 Å². The Morgan fingerprint density at radius 2 is 2.47 bits per heavy atom. The molecule has 6 heteroatoms. The van der Waals surface area contributed by atoms with Gasteiger partial charge in [0.1, 0.15) is 0 Å². The molecule has 2 atom stereocenters. The molecular weight excluding hydrogens is 222 g/mol. The van der Waals surface area contributed by atoms with Gasteiger partial charge in [0.05, 0.1) is 18.8 Å². The molecule has 0 aliphatic carbocycles. The Kier molecular flexibility index (Phi) is 4.09. The van der Waals surface area contributed by atoms with Crippen molar-refractivity contribution in [3.05, 3.63) is 11.7 Å². The van der Waals surface area contributed by atoms with Crippen molar-refractivity contribution in [3.63, 3.8) is 0 Å². The lowest BCUT2D eigenvalue weighted by atomic mass is 10.2. The van der Waals surface area contributed by atoms with Crippen molar-refractivity contribution < 1.29 is 14.4 Å². The average Bonchev–Trinajstić information content (AvgIpc) is 2.87. The first-order valence-electron chi connectivity index (χ1n) is 5.92. The predicted octanol–water partition coefficient (Wildman–Crippen LogP) is 0.522. The molecule has 0 amide bonds. The lowest BCUT2D eigenvalue weighted by Gasteiger charge is -2.24. The average molecular weight is 241 g/mol. The lowest BCUT2D eigenvalue weighted by Crippen LogP contribution is -2.34. The van der Waals surface area contributed by atoms with Crippen LogP contribution in [0.25, 0.3) is 0 Å². The highest BCUT2D eigenvalue weighted by atomic mass is 16.5. The Balaban J connectivity index is 1.97. The van der Waals surface area contributed by atoms with Gasteiger partial charge >= 0.3 is 0 Å². The maximum absolute atomic E-state index is 9.75. The maximum atomic E-state index is 9.75. The van der Waals surface area contributed by atoms with Crippen LogP contribution in [0, 0.1) is 6.92 Å². The van der Waals surface area contributed by atoms with E-state index in [0.717, 1.165) is 25.2 Å². The number of β-amino-alcohol motifs (C(OH)–C–C–N with tert-alkyl or cyclic N) is 1. The summed E-state index contributed by atoms with van der Waals surface area (Å²) in [6.45, 7) is 3.69. The van der Waals surface area contributed by atoms with Crippen LogP contribution in [-0.4, -0.2) is 53.1 Å². The number of hydrogen-bond donors (Lipinski definition) is 1. The summed E-state index contributed by atoms with van der Waals surface area (Å²) in [5, 5.41) is 13.7. The van der Waals surface area contributed by atoms with Gasteiger partial charge in [-0.1, -0.05) is 5.16 Å². The normalized spacial score (nSPS) is 23.1. The molecule has 0 spiro atoms. The summed E-state index contributed by atoms with van der Waals surface area (Å²) in [6.07, 6.45) is 1.64. The van der Waals surface area contributed by atoms with E-state index in [-0.39, 0.29) is 6.04 Å². The highest BCUT2D eigenvalue weighted by molar-refractivity contribution is 4.97. The number of aromatic nitrogens is 2. The maximum Gasteiger partial charge on any atom is 0.223 e. The summed E-state index contributed by atoms with van der Waals surface area (Å²) in [6, 6.07) is 0.166. The van der Waals surface area contributed by atoms with E-state index in [1.54, 1.807) is 14.0 Å². The Hall–Kier alpha value is -0.980. The molecule has 6 nitrogen and oxygen atoms in total. The number of hydrogen-bond acceptors (Lipinski definition) is 6. The zero-order valence-electron chi connectivity index (χ0n) is 10.3. The number of rotatable bonds is 5. The van der Waals surface area contributed by atoms with Crippen molar-refractivity contribution in [3.8, 4) is 0 Å². The second-order valence-electron chi connectivity index (χ2n) is 4.43. The van der Waals surface area contributed by atoms with Crippen molar-refractivity contribution in [1.29, 1.82) is 0 Å². The van der Waals surface area contributed by atoms with Gasteiger partial charge in [-0.25, -0.2) is 0 Å². The van der Waals surface area contributed by atoms with Gasteiger partial charge in [-0.15, -0.1) is 0 Å². The minimum absolute atomic E-state index is 0.166. The third-order valence-corrected chi connectivity index (χ3v) is 3.01. The summed E-state index contributed by atoms with van der Waals surface area (Å²) in [4.78, 5) is 6.45. The van der Waals surface area contributed by atoms with Crippen LogP contribution in [0.3, 0.4) is 0 Å². The highest BCUT2D eigenvalue weighted by Crippen LogP contribution is 2.29. The molecule has 0 radical (unpaired) electrons. The SMILES string of the molecule is COC[C@H](O)CN1CCC[C@H]1c1noc(C)n1. The fourth-order valence-electron chi connectivity index (χ4n) is 2.30. The summed E-state index contributed by atoms with van der Waals surface area (Å²) >= 11 is 0. The first-order valence-corrected chi connectivity index (χ1v) is 5.92. The Bertz CT molecular complexity index is 355. The molecule has 2 rings (SSSR count). The van der Waals surface area contributed by atoms with E-state index >= 15 is 0 Å². The number of nitrogens with zero attached hydrogens (tertiary/aromatic N) is 3. The molecule has 1 fully saturated rings. The molecule has 1 aromatic rings. The van der Waals surface area contributed by atoms with E-state index in [2.05, 4.69) is 15.0 Å². The van der Waals surface area contributed by atoms with Crippen molar-refractivity contribution in [1.82, 2.24) is 15.0 Å². The van der Waals surface area contributed by atoms with Gasteiger partial charge in [0.15, 0.2) is 5.82 Å². The van der Waals surface area contributed by atoms with E-state index in [1.807, 2.05) is 0 Å². The van der Waals surface area contributed by atoms with Crippen LogP contribution in [-0.2, 0) is 4.74 Å². The Labute approximate surface area is 101 Å². The zero-order chi connectivity index (χ0) is 12.3. The standard InChI is InChI=1S/C11H19N3O3/c1-8-12-11(13-17-8)10-4-3-5-14(10)6-9(15)7-16-2/h9-10,15H,3-7H2,1-2H3/t9-,10+/m1/s1. The summed E-state index contributed by atoms with van der Waals surface area (Å²) in [7, 11) is 1.59. The highest BCUT2D eigenvalue weighted by Gasteiger charge is 2.30. The van der Waals surface area contributed by atoms with E-state index in [0.29, 0.717) is 19.0 Å². The van der Waals surface area contributed by atoms with Gasteiger partial charge in [0.25, 0.3) is 0 Å². The van der Waals surface area contributed by atoms with Crippen LogP contribution < -0.4 is 0 Å². The number of aryl methyl sites for hydroxylation is 1. The molecule has 1 N–H and O–H groups in total. The molecule has 96 valence electrons. The minimum atomic E-state index is -0.464. The molecule has 0 aromatic carbocycles. The van der Waals surface area contributed by atoms with E-state index < -0.39 is 6.10 Å². The van der Waals surface area contributed by atoms with Gasteiger partial charge in [-0.05, 0) is 19.4 Å². The zero-order valence-corrected chi connectivity index (χ0v) is 10.3. The van der Waals surface area contributed by atoms with E-state index in [9.17, 15) is 5.11 Å². The Morgan fingerprint density at radius 3 is 3.12 bits per heavy atom. The molecule has 1 aromatic heterocycles. The number of ether oxygens (including phenoxy) is 1. The second kappa shape index (κ2) is 5.57. The van der Waals surface area contributed by atoms with Crippen molar-refractivity contribution in [2.75, 3.05) is 26.8 Å². The summed E-state index contributed by atoms with van der Waals surface area (Å²) < 4.78 is 9.94. The van der Waals surface area contributed by atoms with Crippen LogP contribution in [0.4, 0.5) is 0 Å². The van der Waals surface area contributed by atoms with Crippen molar-refractivity contribution >= 4 is 0 Å². The van der Waals surface area contributed by atoms with Gasteiger partial charge in [0.2, 0.25) is 5.89 Å². The van der Waals surface area contributed by atoms with Gasteiger partial charge in [0, 0.05) is 20.6 Å². The van der Waals surface area contributed by atoms with E-state index in [1.165, 1.54) is 0 Å². The van der Waals surface area contributed by atoms with Crippen molar-refractivity contribution in [2.24, 2.45) is 0 Å². The molecule has 2 heterocycles. The molecule has 1 aliphatic rings. The lowest BCUT2D eigenvalue weighted by molar-refractivity contribution is 0.0336. The monoisotopic (exact) mass is 241 g/mol. The van der Waals surface area contributed by atoms with Crippen molar-refractivity contribution in [2.45, 2.75) is 31.9 Å². The molecule has 0 saturated carbocycles. The Morgan fingerprint density at radius 1 is 1.65 bits per heavy atom. The van der Waals surface area contributed by atoms with Crippen LogP contribution >= 0.6 is 0 Å². The number of likely N-dealkylation sites (tertiary alicyclic amines) is 1. The fraction of sp³-hybridized carbons (Fsp3) is 0.818. The minimum Gasteiger partial charge on any atom is -0.389 e. The molecule has 1 saturated heterocycles. The van der Waals surface area contributed by atoms with Crippen LogP contribution in [0.15, 0.2) is 4.52 Å². The summed E-state index contributed by atoms with van der Waals surface area (Å²) in [5.74, 6) is 1.31. The van der Waals surface area contributed by atoms with Crippen LogP contribution in [0.5, 0.6) is 0 Å². The van der Waals surface area contributed by atoms with Crippen LogP contribution in [0.1, 0.15) is 30.6 Å². The molecular formula is C11H19N3O3. The third kappa shape index (κ3) is 3.02. The molecule has 0 unspecified atom stereocenters. The number of aliphatic hydroxyl groups is 1. The van der Waals surface area contributed by atoms with Gasteiger partial charge in [-0.3, -0.25) is 4.90 Å². The smallest absolute Gasteiger partial charge is 0.223 e. The summed E-state index contributed by atoms with van der Waals surface area (Å²) in [5.41, 5.74) is 0. The van der Waals surface area contributed by atoms with Gasteiger partial charge < -0.3 is 14.4 Å². The molecule has 0 bridgehead atoms. The van der Waals surface area contributed by atoms with Gasteiger partial charge in [-0.2, -0.15) is 4.98 Å². The number of aliphatic hydroxyl groups excluding tert-OH is 1. The topological polar surface area (TPSA) is 71.6 Å². The predicted molar refractivity (Wildman–Crippen MR) is 60.5 cm³/mol. The second-order valence-corrected chi connectivity index (χ2v) is 4.43. The quantitative estimate of drug-likeness (QED) is 0.810.